The summed E-state index contributed by atoms with van der Waals surface area (Å²) >= 11 is 3.39. The third-order valence-electron chi connectivity index (χ3n) is 3.65. The van der Waals surface area contributed by atoms with E-state index < -0.39 is 6.09 Å². The largest absolute Gasteiger partial charge is 0.489 e. The van der Waals surface area contributed by atoms with Crippen LogP contribution < -0.4 is 9.80 Å². The quantitative estimate of drug-likeness (QED) is 0.581. The topological polar surface area (TPSA) is 59.0 Å². The number of hydrogen-bond donors (Lipinski definition) is 1. The molecule has 0 spiro atoms. The van der Waals surface area contributed by atoms with Gasteiger partial charge < -0.3 is 9.47 Å². The van der Waals surface area contributed by atoms with Crippen LogP contribution in [0.1, 0.15) is 23.6 Å². The van der Waals surface area contributed by atoms with Gasteiger partial charge in [-0.1, -0.05) is 35.0 Å². The van der Waals surface area contributed by atoms with Crippen molar-refractivity contribution in [1.29, 1.82) is 0 Å². The van der Waals surface area contributed by atoms with Crippen molar-refractivity contribution in [2.75, 3.05) is 12.2 Å². The Bertz CT molecular complexity index is 733. The molecule has 0 saturated heterocycles. The van der Waals surface area contributed by atoms with E-state index in [9.17, 15) is 10.0 Å². The highest BCUT2D eigenvalue weighted by atomic mass is 79.9. The summed E-state index contributed by atoms with van der Waals surface area (Å²) in [5, 5.41) is 10.4. The number of nitrogens with zero attached hydrogens (tertiary/aromatic N) is 1. The average molecular weight is 394 g/mol. The van der Waals surface area contributed by atoms with Crippen molar-refractivity contribution >= 4 is 27.7 Å². The van der Waals surface area contributed by atoms with E-state index in [0.717, 1.165) is 22.2 Å². The van der Waals surface area contributed by atoms with Crippen LogP contribution in [0.15, 0.2) is 40.9 Å². The summed E-state index contributed by atoms with van der Waals surface area (Å²) < 4.78 is 11.2. The molecule has 6 heteroatoms. The van der Waals surface area contributed by atoms with Gasteiger partial charge >= 0.3 is 6.09 Å². The van der Waals surface area contributed by atoms with E-state index in [1.54, 1.807) is 18.2 Å². The second kappa shape index (κ2) is 8.17. The molecule has 5 nitrogen and oxygen atoms in total. The molecule has 0 bridgehead atoms. The highest BCUT2D eigenvalue weighted by molar-refractivity contribution is 9.10. The van der Waals surface area contributed by atoms with Crippen molar-refractivity contribution in [1.82, 2.24) is 0 Å². The molecule has 0 aromatic heterocycles. The van der Waals surface area contributed by atoms with Gasteiger partial charge in [0.1, 0.15) is 12.4 Å². The highest BCUT2D eigenvalue weighted by Crippen LogP contribution is 2.27. The number of halogens is 1. The fourth-order valence-corrected chi connectivity index (χ4v) is 2.72. The maximum Gasteiger partial charge on any atom is 0.438 e. The summed E-state index contributed by atoms with van der Waals surface area (Å²) in [5.41, 5.74) is 3.25. The number of amides is 1. The van der Waals surface area contributed by atoms with E-state index in [-0.39, 0.29) is 6.61 Å². The molecule has 0 unspecified atom stereocenters. The molecule has 0 saturated carbocycles. The van der Waals surface area contributed by atoms with Gasteiger partial charge in [-0.15, -0.1) is 0 Å². The number of anilines is 1. The first-order valence-electron chi connectivity index (χ1n) is 7.54. The van der Waals surface area contributed by atoms with Crippen LogP contribution in [-0.4, -0.2) is 18.4 Å². The number of hydroxylamine groups is 1. The Hall–Kier alpha value is -2.05. The van der Waals surface area contributed by atoms with Gasteiger partial charge in [0.15, 0.2) is 0 Å². The minimum Gasteiger partial charge on any atom is -0.489 e. The van der Waals surface area contributed by atoms with Crippen LogP contribution in [-0.2, 0) is 17.8 Å². The van der Waals surface area contributed by atoms with Crippen LogP contribution in [0.5, 0.6) is 5.75 Å². The lowest BCUT2D eigenvalue weighted by molar-refractivity contribution is 0.140. The Morgan fingerprint density at radius 3 is 2.62 bits per heavy atom. The smallest absolute Gasteiger partial charge is 0.438 e. The average Bonchev–Trinajstić information content (AvgIpc) is 2.59. The van der Waals surface area contributed by atoms with Crippen molar-refractivity contribution in [2.45, 2.75) is 26.9 Å². The number of carbonyl (C=O) groups excluding carboxylic acids is 1. The van der Waals surface area contributed by atoms with Crippen LogP contribution in [0.3, 0.4) is 0 Å². The van der Waals surface area contributed by atoms with E-state index >= 15 is 0 Å². The minimum atomic E-state index is -0.859. The van der Waals surface area contributed by atoms with E-state index in [0.29, 0.717) is 16.3 Å². The molecular formula is C18H20BrNO4. The summed E-state index contributed by atoms with van der Waals surface area (Å²) in [4.78, 5) is 11.5. The number of hydrogen-bond acceptors (Lipinski definition) is 4. The Morgan fingerprint density at radius 1 is 1.25 bits per heavy atom. The van der Waals surface area contributed by atoms with E-state index in [1.165, 1.54) is 12.7 Å². The molecule has 2 aromatic rings. The van der Waals surface area contributed by atoms with Crippen molar-refractivity contribution in [3.05, 3.63) is 57.6 Å². The molecule has 2 aromatic carbocycles. The summed E-state index contributed by atoms with van der Waals surface area (Å²) in [6.07, 6.45) is 0.109. The lowest BCUT2D eigenvalue weighted by Gasteiger charge is -2.18. The van der Waals surface area contributed by atoms with E-state index in [1.807, 2.05) is 19.1 Å². The third-order valence-corrected chi connectivity index (χ3v) is 4.14. The highest BCUT2D eigenvalue weighted by Gasteiger charge is 2.18. The zero-order valence-electron chi connectivity index (χ0n) is 13.9. The Labute approximate surface area is 149 Å². The summed E-state index contributed by atoms with van der Waals surface area (Å²) in [5.74, 6) is 0.765. The van der Waals surface area contributed by atoms with Crippen LogP contribution >= 0.6 is 15.9 Å². The molecule has 0 fully saturated rings. The second-order valence-electron chi connectivity index (χ2n) is 5.30. The van der Waals surface area contributed by atoms with Crippen LogP contribution in [0.25, 0.3) is 0 Å². The third kappa shape index (κ3) is 4.27. The molecule has 128 valence electrons. The summed E-state index contributed by atoms with van der Waals surface area (Å²) in [6, 6.07) is 11.2. The lowest BCUT2D eigenvalue weighted by Crippen LogP contribution is -2.27. The Balaban J connectivity index is 2.23. The molecule has 0 aliphatic carbocycles. The van der Waals surface area contributed by atoms with E-state index in [2.05, 4.69) is 33.7 Å². The number of ether oxygens (including phenoxy) is 2. The van der Waals surface area contributed by atoms with Crippen molar-refractivity contribution in [3.8, 4) is 5.75 Å². The SMILES string of the molecule is CCc1ccc(OCc2cc(Br)ccc2N(O)C(=O)OC)c(C)c1. The van der Waals surface area contributed by atoms with Gasteiger partial charge in [0, 0.05) is 10.0 Å². The van der Waals surface area contributed by atoms with Gasteiger partial charge in [0.05, 0.1) is 12.8 Å². The van der Waals surface area contributed by atoms with Crippen molar-refractivity contribution in [2.24, 2.45) is 0 Å². The lowest BCUT2D eigenvalue weighted by atomic mass is 10.1. The molecule has 1 amide bonds. The molecule has 0 atom stereocenters. The number of benzene rings is 2. The molecule has 0 heterocycles. The maximum atomic E-state index is 11.5. The first-order valence-corrected chi connectivity index (χ1v) is 8.33. The van der Waals surface area contributed by atoms with Gasteiger partial charge in [-0.3, -0.25) is 5.21 Å². The number of aryl methyl sites for hydroxylation is 2. The predicted molar refractivity (Wildman–Crippen MR) is 95.7 cm³/mol. The van der Waals surface area contributed by atoms with E-state index in [4.69, 9.17) is 4.74 Å². The van der Waals surface area contributed by atoms with Crippen molar-refractivity contribution in [3.63, 3.8) is 0 Å². The van der Waals surface area contributed by atoms with Crippen molar-refractivity contribution < 1.29 is 19.5 Å². The zero-order valence-corrected chi connectivity index (χ0v) is 15.5. The van der Waals surface area contributed by atoms with Gasteiger partial charge in [0.25, 0.3) is 0 Å². The molecule has 0 aliphatic rings. The predicted octanol–water partition coefficient (Wildman–Crippen LogP) is 4.86. The molecule has 24 heavy (non-hydrogen) atoms. The first-order chi connectivity index (χ1) is 11.5. The second-order valence-corrected chi connectivity index (χ2v) is 6.21. The fourth-order valence-electron chi connectivity index (χ4n) is 2.31. The number of carbonyl (C=O) groups is 1. The number of rotatable bonds is 5. The standard InChI is InChI=1S/C18H20BrNO4/c1-4-13-5-8-17(12(2)9-13)24-11-14-10-15(19)6-7-16(14)20(22)18(21)23-3/h5-10,22H,4,11H2,1-3H3. The maximum absolute atomic E-state index is 11.5. The number of methoxy groups -OCH3 is 1. The van der Waals surface area contributed by atoms with Gasteiger partial charge in [-0.25, -0.2) is 4.79 Å². The Kier molecular flexibility index (Phi) is 6.23. The minimum absolute atomic E-state index is 0.204. The monoisotopic (exact) mass is 393 g/mol. The molecule has 2 rings (SSSR count). The van der Waals surface area contributed by atoms with Crippen LogP contribution in [0.4, 0.5) is 10.5 Å². The fraction of sp³-hybridized carbons (Fsp3) is 0.278. The summed E-state index contributed by atoms with van der Waals surface area (Å²) in [7, 11) is 1.21. The van der Waals surface area contributed by atoms with Gasteiger partial charge in [-0.2, -0.15) is 5.06 Å². The van der Waals surface area contributed by atoms with Crippen LogP contribution in [0, 0.1) is 6.92 Å². The Morgan fingerprint density at radius 2 is 2.00 bits per heavy atom. The summed E-state index contributed by atoms with van der Waals surface area (Å²) in [6.45, 7) is 4.30. The van der Waals surface area contributed by atoms with Gasteiger partial charge in [-0.05, 0) is 48.7 Å². The van der Waals surface area contributed by atoms with Crippen LogP contribution in [0.2, 0.25) is 0 Å². The molecule has 1 N–H and O–H groups in total. The normalized spacial score (nSPS) is 10.4. The molecular weight excluding hydrogens is 374 g/mol. The molecule has 0 radical (unpaired) electrons. The first kappa shape index (κ1) is 18.3. The molecule has 0 aliphatic heterocycles. The zero-order chi connectivity index (χ0) is 17.7. The van der Waals surface area contributed by atoms with Gasteiger partial charge in [0.2, 0.25) is 0 Å².